The van der Waals surface area contributed by atoms with E-state index in [-0.39, 0.29) is 24.5 Å². The first kappa shape index (κ1) is 20.3. The summed E-state index contributed by atoms with van der Waals surface area (Å²) in [6.07, 6.45) is 1.07. The molecule has 1 atom stereocenters. The van der Waals surface area contributed by atoms with E-state index in [1.807, 2.05) is 38.1 Å². The van der Waals surface area contributed by atoms with Crippen LogP contribution in [0.5, 0.6) is 5.75 Å². The standard InChI is InChI=1S/C21H27N3O3/c1-4-15(3)27-19-11-7-9-17(13-19)23-14-20(25)24-18-10-6-8-16(12-18)21(26)22-5-2/h6-13,15,23H,4-5,14H2,1-3H3,(H,22,26)(H,24,25). The molecule has 6 heteroatoms. The van der Waals surface area contributed by atoms with Crippen LogP contribution in [0.25, 0.3) is 0 Å². The van der Waals surface area contributed by atoms with Crippen molar-refractivity contribution in [1.29, 1.82) is 0 Å². The van der Waals surface area contributed by atoms with Gasteiger partial charge in [0.1, 0.15) is 5.75 Å². The molecule has 0 aliphatic rings. The second kappa shape index (κ2) is 10.2. The minimum absolute atomic E-state index is 0.109. The Morgan fingerprint density at radius 3 is 2.52 bits per heavy atom. The minimum atomic E-state index is -0.198. The Labute approximate surface area is 160 Å². The fourth-order valence-electron chi connectivity index (χ4n) is 2.38. The van der Waals surface area contributed by atoms with Crippen molar-refractivity contribution in [3.63, 3.8) is 0 Å². The SMILES string of the molecule is CCNC(=O)c1cccc(NC(=O)CNc2cccc(OC(C)CC)c2)c1. The van der Waals surface area contributed by atoms with Crippen molar-refractivity contribution in [3.05, 3.63) is 54.1 Å². The monoisotopic (exact) mass is 369 g/mol. The molecule has 0 saturated heterocycles. The van der Waals surface area contributed by atoms with Crippen molar-refractivity contribution >= 4 is 23.2 Å². The molecule has 2 aromatic carbocycles. The molecule has 0 fully saturated rings. The minimum Gasteiger partial charge on any atom is -0.491 e. The third-order valence-electron chi connectivity index (χ3n) is 3.95. The summed E-state index contributed by atoms with van der Waals surface area (Å²) < 4.78 is 5.78. The van der Waals surface area contributed by atoms with Crippen LogP contribution in [0.15, 0.2) is 48.5 Å². The van der Waals surface area contributed by atoms with Crippen molar-refractivity contribution in [2.24, 2.45) is 0 Å². The fraction of sp³-hybridized carbons (Fsp3) is 0.333. The summed E-state index contributed by atoms with van der Waals surface area (Å²) in [5.41, 5.74) is 1.90. The van der Waals surface area contributed by atoms with Crippen molar-refractivity contribution < 1.29 is 14.3 Å². The van der Waals surface area contributed by atoms with Gasteiger partial charge >= 0.3 is 0 Å². The molecule has 0 heterocycles. The highest BCUT2D eigenvalue weighted by atomic mass is 16.5. The molecule has 0 aliphatic heterocycles. The van der Waals surface area contributed by atoms with Crippen molar-refractivity contribution in [2.45, 2.75) is 33.3 Å². The lowest BCUT2D eigenvalue weighted by atomic mass is 10.2. The first-order valence-electron chi connectivity index (χ1n) is 9.20. The van der Waals surface area contributed by atoms with E-state index in [0.717, 1.165) is 17.9 Å². The molecule has 144 valence electrons. The Hall–Kier alpha value is -3.02. The molecule has 2 rings (SSSR count). The average Bonchev–Trinajstić information content (AvgIpc) is 2.67. The van der Waals surface area contributed by atoms with E-state index in [1.54, 1.807) is 24.3 Å². The van der Waals surface area contributed by atoms with Crippen LogP contribution in [0.3, 0.4) is 0 Å². The fourth-order valence-corrected chi connectivity index (χ4v) is 2.38. The van der Waals surface area contributed by atoms with Crippen LogP contribution in [0.1, 0.15) is 37.6 Å². The van der Waals surface area contributed by atoms with Crippen LogP contribution in [0.4, 0.5) is 11.4 Å². The highest BCUT2D eigenvalue weighted by molar-refractivity contribution is 5.98. The van der Waals surface area contributed by atoms with Gasteiger partial charge in [0, 0.05) is 29.5 Å². The lowest BCUT2D eigenvalue weighted by molar-refractivity contribution is -0.114. The number of rotatable bonds is 9. The molecule has 0 spiro atoms. The number of carbonyl (C=O) groups is 2. The number of benzene rings is 2. The zero-order valence-corrected chi connectivity index (χ0v) is 16.0. The molecule has 0 radical (unpaired) electrons. The number of ether oxygens (including phenoxy) is 1. The normalized spacial score (nSPS) is 11.4. The Kier molecular flexibility index (Phi) is 7.67. The molecule has 0 aliphatic carbocycles. The number of nitrogens with one attached hydrogen (secondary N) is 3. The maximum Gasteiger partial charge on any atom is 0.251 e. The van der Waals surface area contributed by atoms with Gasteiger partial charge in [-0.05, 0) is 50.6 Å². The summed E-state index contributed by atoms with van der Waals surface area (Å²) in [7, 11) is 0. The molecule has 0 aromatic heterocycles. The smallest absolute Gasteiger partial charge is 0.251 e. The largest absolute Gasteiger partial charge is 0.491 e. The third-order valence-corrected chi connectivity index (χ3v) is 3.95. The molecule has 27 heavy (non-hydrogen) atoms. The van der Waals surface area contributed by atoms with E-state index in [9.17, 15) is 9.59 Å². The van der Waals surface area contributed by atoms with Crippen LogP contribution in [-0.4, -0.2) is 31.0 Å². The van der Waals surface area contributed by atoms with Gasteiger partial charge in [0.25, 0.3) is 5.91 Å². The van der Waals surface area contributed by atoms with Gasteiger partial charge in [-0.3, -0.25) is 9.59 Å². The summed E-state index contributed by atoms with van der Waals surface area (Å²) in [5.74, 6) is 0.408. The van der Waals surface area contributed by atoms with Gasteiger partial charge in [-0.2, -0.15) is 0 Å². The van der Waals surface area contributed by atoms with Crippen LogP contribution in [0.2, 0.25) is 0 Å². The first-order valence-corrected chi connectivity index (χ1v) is 9.20. The van der Waals surface area contributed by atoms with Gasteiger partial charge in [-0.1, -0.05) is 19.1 Å². The van der Waals surface area contributed by atoms with Gasteiger partial charge in [0.2, 0.25) is 5.91 Å². The van der Waals surface area contributed by atoms with Crippen LogP contribution in [-0.2, 0) is 4.79 Å². The Bertz CT molecular complexity index is 777. The van der Waals surface area contributed by atoms with E-state index in [4.69, 9.17) is 4.74 Å². The highest BCUT2D eigenvalue weighted by Gasteiger charge is 2.08. The van der Waals surface area contributed by atoms with Crippen molar-refractivity contribution in [3.8, 4) is 5.75 Å². The molecule has 2 amide bonds. The maximum absolute atomic E-state index is 12.2. The second-order valence-corrected chi connectivity index (χ2v) is 6.21. The van der Waals surface area contributed by atoms with Crippen LogP contribution < -0.4 is 20.7 Å². The maximum atomic E-state index is 12.2. The molecule has 2 aromatic rings. The lowest BCUT2D eigenvalue weighted by Gasteiger charge is -2.14. The molecular weight excluding hydrogens is 342 g/mol. The van der Waals surface area contributed by atoms with Crippen molar-refractivity contribution in [2.75, 3.05) is 23.7 Å². The lowest BCUT2D eigenvalue weighted by Crippen LogP contribution is -2.24. The molecule has 0 saturated carbocycles. The predicted molar refractivity (Wildman–Crippen MR) is 108 cm³/mol. The molecule has 3 N–H and O–H groups in total. The van der Waals surface area contributed by atoms with Crippen LogP contribution >= 0.6 is 0 Å². The predicted octanol–water partition coefficient (Wildman–Crippen LogP) is 3.66. The number of hydrogen-bond donors (Lipinski definition) is 3. The molecule has 1 unspecified atom stereocenters. The van der Waals surface area contributed by atoms with Gasteiger partial charge in [0.15, 0.2) is 0 Å². The number of carbonyl (C=O) groups excluding carboxylic acids is 2. The summed E-state index contributed by atoms with van der Waals surface area (Å²) in [6, 6.07) is 14.4. The first-order chi connectivity index (χ1) is 13.0. The van der Waals surface area contributed by atoms with Gasteiger partial charge in [-0.25, -0.2) is 0 Å². The van der Waals surface area contributed by atoms with Gasteiger partial charge < -0.3 is 20.7 Å². The van der Waals surface area contributed by atoms with E-state index < -0.39 is 0 Å². The van der Waals surface area contributed by atoms with E-state index in [2.05, 4.69) is 22.9 Å². The Morgan fingerprint density at radius 2 is 1.78 bits per heavy atom. The molecular formula is C21H27N3O3. The summed E-state index contributed by atoms with van der Waals surface area (Å²) >= 11 is 0. The Balaban J connectivity index is 1.90. The van der Waals surface area contributed by atoms with Crippen LogP contribution in [0, 0.1) is 0 Å². The van der Waals surface area contributed by atoms with Gasteiger partial charge in [0.05, 0.1) is 12.6 Å². The number of anilines is 2. The zero-order chi connectivity index (χ0) is 19.6. The second-order valence-electron chi connectivity index (χ2n) is 6.21. The van der Waals surface area contributed by atoms with E-state index in [1.165, 1.54) is 0 Å². The van der Waals surface area contributed by atoms with E-state index in [0.29, 0.717) is 17.8 Å². The summed E-state index contributed by atoms with van der Waals surface area (Å²) in [5, 5.41) is 8.61. The number of amides is 2. The summed E-state index contributed by atoms with van der Waals surface area (Å²) in [6.45, 7) is 6.61. The topological polar surface area (TPSA) is 79.5 Å². The molecule has 0 bridgehead atoms. The third kappa shape index (κ3) is 6.66. The van der Waals surface area contributed by atoms with Gasteiger partial charge in [-0.15, -0.1) is 0 Å². The van der Waals surface area contributed by atoms with Crippen molar-refractivity contribution in [1.82, 2.24) is 5.32 Å². The number of hydrogen-bond acceptors (Lipinski definition) is 4. The van der Waals surface area contributed by atoms with E-state index >= 15 is 0 Å². The molecule has 6 nitrogen and oxygen atoms in total. The average molecular weight is 369 g/mol. The zero-order valence-electron chi connectivity index (χ0n) is 16.0. The highest BCUT2D eigenvalue weighted by Crippen LogP contribution is 2.19. The summed E-state index contributed by atoms with van der Waals surface area (Å²) in [4.78, 5) is 24.1. The Morgan fingerprint density at radius 1 is 1.04 bits per heavy atom. The quantitative estimate of drug-likeness (QED) is 0.630.